The molecule has 2 heterocycles. The first-order valence-electron chi connectivity index (χ1n) is 5.58. The van der Waals surface area contributed by atoms with Crippen LogP contribution >= 0.6 is 0 Å². The molecule has 16 heavy (non-hydrogen) atoms. The van der Waals surface area contributed by atoms with E-state index in [2.05, 4.69) is 10.3 Å². The van der Waals surface area contributed by atoms with E-state index in [1.165, 1.54) is 12.8 Å². The number of hydrogen-bond acceptors (Lipinski definition) is 4. The molecule has 4 nitrogen and oxygen atoms in total. The van der Waals surface area contributed by atoms with E-state index in [0.717, 1.165) is 25.4 Å². The lowest BCUT2D eigenvalue weighted by Gasteiger charge is -2.22. The summed E-state index contributed by atoms with van der Waals surface area (Å²) in [5.74, 6) is 1.33. The molecule has 1 aromatic rings. The van der Waals surface area contributed by atoms with Crippen molar-refractivity contribution >= 4 is 0 Å². The highest BCUT2D eigenvalue weighted by Gasteiger charge is 2.13. The number of rotatable bonds is 3. The minimum Gasteiger partial charge on any atom is -0.492 e. The van der Waals surface area contributed by atoms with Crippen LogP contribution in [0, 0.1) is 17.2 Å². The average Bonchev–Trinajstić information content (AvgIpc) is 2.38. The van der Waals surface area contributed by atoms with Crippen LogP contribution in [0.4, 0.5) is 0 Å². The maximum atomic E-state index is 8.60. The van der Waals surface area contributed by atoms with Gasteiger partial charge in [0.15, 0.2) is 0 Å². The summed E-state index contributed by atoms with van der Waals surface area (Å²) in [4.78, 5) is 3.96. The fourth-order valence-corrected chi connectivity index (χ4v) is 1.81. The molecule has 1 aromatic heterocycles. The number of piperidine rings is 1. The minimum atomic E-state index is 0.423. The van der Waals surface area contributed by atoms with Crippen LogP contribution in [0.5, 0.6) is 5.75 Å². The molecule has 0 bridgehead atoms. The number of ether oxygens (including phenoxy) is 1. The van der Waals surface area contributed by atoms with Gasteiger partial charge in [0.25, 0.3) is 0 Å². The van der Waals surface area contributed by atoms with Crippen molar-refractivity contribution in [2.24, 2.45) is 5.92 Å². The fourth-order valence-electron chi connectivity index (χ4n) is 1.81. The Bertz CT molecular complexity index is 363. The molecule has 0 radical (unpaired) electrons. The lowest BCUT2D eigenvalue weighted by atomic mass is 10.0. The number of nitrogens with one attached hydrogen (secondary N) is 1. The highest BCUT2D eigenvalue weighted by molar-refractivity contribution is 5.26. The molecule has 1 N–H and O–H groups in total. The van der Waals surface area contributed by atoms with Crippen LogP contribution in [0.1, 0.15) is 18.5 Å². The van der Waals surface area contributed by atoms with Gasteiger partial charge in [0.05, 0.1) is 12.8 Å². The minimum absolute atomic E-state index is 0.423. The summed E-state index contributed by atoms with van der Waals surface area (Å²) in [6.45, 7) is 2.87. The standard InChI is InChI=1S/C12H15N3O/c13-6-11-3-4-12(8-15-11)16-9-10-2-1-5-14-7-10/h3-4,8,10,14H,1-2,5,7,9H2. The highest BCUT2D eigenvalue weighted by Crippen LogP contribution is 2.14. The van der Waals surface area contributed by atoms with Crippen molar-refractivity contribution in [2.45, 2.75) is 12.8 Å². The summed E-state index contributed by atoms with van der Waals surface area (Å²) in [7, 11) is 0. The summed E-state index contributed by atoms with van der Waals surface area (Å²) >= 11 is 0. The van der Waals surface area contributed by atoms with E-state index in [1.54, 1.807) is 18.3 Å². The number of nitrogens with zero attached hydrogens (tertiary/aromatic N) is 2. The van der Waals surface area contributed by atoms with E-state index >= 15 is 0 Å². The van der Waals surface area contributed by atoms with Gasteiger partial charge in [0, 0.05) is 12.5 Å². The number of nitriles is 1. The Labute approximate surface area is 95.3 Å². The molecule has 1 atom stereocenters. The predicted molar refractivity (Wildman–Crippen MR) is 60.0 cm³/mol. The van der Waals surface area contributed by atoms with Crippen molar-refractivity contribution in [3.63, 3.8) is 0 Å². The molecule has 0 aliphatic carbocycles. The first kappa shape index (κ1) is 10.9. The van der Waals surface area contributed by atoms with Gasteiger partial charge in [-0.15, -0.1) is 0 Å². The van der Waals surface area contributed by atoms with Crippen LogP contribution in [0.2, 0.25) is 0 Å². The maximum Gasteiger partial charge on any atom is 0.140 e. The van der Waals surface area contributed by atoms with E-state index < -0.39 is 0 Å². The molecule has 0 spiro atoms. The molecule has 0 amide bonds. The zero-order valence-electron chi connectivity index (χ0n) is 9.15. The van der Waals surface area contributed by atoms with Crippen LogP contribution in [-0.4, -0.2) is 24.7 Å². The molecule has 4 heteroatoms. The Kier molecular flexibility index (Phi) is 3.73. The summed E-state index contributed by atoms with van der Waals surface area (Å²) < 4.78 is 5.63. The third kappa shape index (κ3) is 2.94. The van der Waals surface area contributed by atoms with Crippen LogP contribution in [0.25, 0.3) is 0 Å². The van der Waals surface area contributed by atoms with Crippen molar-refractivity contribution in [2.75, 3.05) is 19.7 Å². The van der Waals surface area contributed by atoms with Gasteiger partial charge in [0.2, 0.25) is 0 Å². The summed E-state index contributed by atoms with van der Waals surface area (Å²) in [5, 5.41) is 12.0. The Hall–Kier alpha value is -1.60. The van der Waals surface area contributed by atoms with Gasteiger partial charge < -0.3 is 10.1 Å². The maximum absolute atomic E-state index is 8.60. The molecule has 1 fully saturated rings. The van der Waals surface area contributed by atoms with E-state index in [9.17, 15) is 0 Å². The van der Waals surface area contributed by atoms with Gasteiger partial charge >= 0.3 is 0 Å². The van der Waals surface area contributed by atoms with Crippen LogP contribution in [-0.2, 0) is 0 Å². The summed E-state index contributed by atoms with van der Waals surface area (Å²) in [6, 6.07) is 5.45. The molecule has 1 aliphatic heterocycles. The van der Waals surface area contributed by atoms with Crippen molar-refractivity contribution in [3.8, 4) is 11.8 Å². The third-order valence-corrected chi connectivity index (χ3v) is 2.74. The molecule has 1 unspecified atom stereocenters. The zero-order chi connectivity index (χ0) is 11.2. The van der Waals surface area contributed by atoms with Crippen LogP contribution < -0.4 is 10.1 Å². The van der Waals surface area contributed by atoms with Gasteiger partial charge in [-0.1, -0.05) is 0 Å². The van der Waals surface area contributed by atoms with Gasteiger partial charge in [-0.25, -0.2) is 4.98 Å². The van der Waals surface area contributed by atoms with Gasteiger partial charge in [-0.3, -0.25) is 0 Å². The Morgan fingerprint density at radius 3 is 3.12 bits per heavy atom. The summed E-state index contributed by atoms with van der Waals surface area (Å²) in [6.07, 6.45) is 4.05. The van der Waals surface area contributed by atoms with Crippen molar-refractivity contribution < 1.29 is 4.74 Å². The van der Waals surface area contributed by atoms with E-state index in [-0.39, 0.29) is 0 Å². The van der Waals surface area contributed by atoms with Crippen molar-refractivity contribution in [3.05, 3.63) is 24.0 Å². The van der Waals surface area contributed by atoms with Gasteiger partial charge in [-0.2, -0.15) is 5.26 Å². The van der Waals surface area contributed by atoms with Crippen molar-refractivity contribution in [1.82, 2.24) is 10.3 Å². The second kappa shape index (κ2) is 5.47. The largest absolute Gasteiger partial charge is 0.492 e. The lowest BCUT2D eigenvalue weighted by molar-refractivity contribution is 0.218. The molecule has 1 aliphatic rings. The first-order chi connectivity index (χ1) is 7.88. The smallest absolute Gasteiger partial charge is 0.140 e. The normalized spacial score (nSPS) is 20.1. The summed E-state index contributed by atoms with van der Waals surface area (Å²) in [5.41, 5.74) is 0.423. The second-order valence-electron chi connectivity index (χ2n) is 4.01. The lowest BCUT2D eigenvalue weighted by Crippen LogP contribution is -2.33. The predicted octanol–water partition coefficient (Wildman–Crippen LogP) is 1.33. The topological polar surface area (TPSA) is 57.9 Å². The highest BCUT2D eigenvalue weighted by atomic mass is 16.5. The van der Waals surface area contributed by atoms with Crippen molar-refractivity contribution in [1.29, 1.82) is 5.26 Å². The van der Waals surface area contributed by atoms with E-state index in [0.29, 0.717) is 11.6 Å². The Morgan fingerprint density at radius 2 is 2.50 bits per heavy atom. The zero-order valence-corrected chi connectivity index (χ0v) is 9.15. The first-order valence-corrected chi connectivity index (χ1v) is 5.58. The van der Waals surface area contributed by atoms with Crippen LogP contribution in [0.3, 0.4) is 0 Å². The Morgan fingerprint density at radius 1 is 1.56 bits per heavy atom. The molecular weight excluding hydrogens is 202 g/mol. The fraction of sp³-hybridized carbons (Fsp3) is 0.500. The average molecular weight is 217 g/mol. The quantitative estimate of drug-likeness (QED) is 0.829. The van der Waals surface area contributed by atoms with Gasteiger partial charge in [-0.05, 0) is 31.5 Å². The van der Waals surface area contributed by atoms with E-state index in [4.69, 9.17) is 10.00 Å². The number of hydrogen-bond donors (Lipinski definition) is 1. The molecule has 1 saturated heterocycles. The molecule has 2 rings (SSSR count). The second-order valence-corrected chi connectivity index (χ2v) is 4.01. The third-order valence-electron chi connectivity index (χ3n) is 2.74. The molecular formula is C12H15N3O. The number of pyridine rings is 1. The monoisotopic (exact) mass is 217 g/mol. The SMILES string of the molecule is N#Cc1ccc(OCC2CCCNC2)cn1. The number of aromatic nitrogens is 1. The molecule has 84 valence electrons. The Balaban J connectivity index is 1.82. The van der Waals surface area contributed by atoms with Gasteiger partial charge in [0.1, 0.15) is 17.5 Å². The van der Waals surface area contributed by atoms with Crippen LogP contribution in [0.15, 0.2) is 18.3 Å². The molecule has 0 aromatic carbocycles. The van der Waals surface area contributed by atoms with E-state index in [1.807, 2.05) is 6.07 Å². The molecule has 0 saturated carbocycles.